The molecule has 0 aliphatic carbocycles. The minimum Gasteiger partial charge on any atom is -0.456 e. The summed E-state index contributed by atoms with van der Waals surface area (Å²) < 4.78 is 6.21. The molecule has 4 aromatic heterocycles. The van der Waals surface area contributed by atoms with Gasteiger partial charge in [0.2, 0.25) is 0 Å². The van der Waals surface area contributed by atoms with Gasteiger partial charge in [-0.05, 0) is 105 Å². The molecule has 0 atom stereocenters. The lowest BCUT2D eigenvalue weighted by Crippen LogP contribution is -2.09. The zero-order valence-corrected chi connectivity index (χ0v) is 33.5. The Morgan fingerprint density at radius 3 is 1.74 bits per heavy atom. The van der Waals surface area contributed by atoms with E-state index in [9.17, 15) is 0 Å². The highest BCUT2D eigenvalue weighted by Gasteiger charge is 2.17. The number of benzene rings is 8. The first-order valence-corrected chi connectivity index (χ1v) is 20.8. The number of pyridine rings is 3. The summed E-state index contributed by atoms with van der Waals surface area (Å²) >= 11 is 0. The van der Waals surface area contributed by atoms with Gasteiger partial charge in [0, 0.05) is 63.0 Å². The third-order valence-electron chi connectivity index (χ3n) is 12.0. The molecule has 0 saturated heterocycles. The number of furan rings is 1. The van der Waals surface area contributed by atoms with E-state index in [2.05, 4.69) is 169 Å². The monoisotopic (exact) mass is 792 g/mol. The lowest BCUT2D eigenvalue weighted by Gasteiger charge is -2.26. The van der Waals surface area contributed by atoms with Gasteiger partial charge in [-0.25, -0.2) is 4.98 Å². The molecule has 8 aromatic carbocycles. The highest BCUT2D eigenvalue weighted by molar-refractivity contribution is 6.09. The molecule has 5 heteroatoms. The van der Waals surface area contributed by atoms with Crippen LogP contribution in [0.15, 0.2) is 223 Å². The van der Waals surface area contributed by atoms with E-state index in [1.165, 1.54) is 27.1 Å². The lowest BCUT2D eigenvalue weighted by atomic mass is 9.97. The maximum Gasteiger partial charge on any atom is 0.139 e. The van der Waals surface area contributed by atoms with Crippen molar-refractivity contribution < 1.29 is 4.42 Å². The van der Waals surface area contributed by atoms with Crippen molar-refractivity contribution >= 4 is 71.6 Å². The van der Waals surface area contributed by atoms with Gasteiger partial charge in [-0.15, -0.1) is 0 Å². The van der Waals surface area contributed by atoms with Crippen LogP contribution < -0.4 is 4.90 Å². The normalized spacial score (nSPS) is 11.5. The van der Waals surface area contributed by atoms with E-state index >= 15 is 0 Å². The zero-order chi connectivity index (χ0) is 41.0. The van der Waals surface area contributed by atoms with Gasteiger partial charge in [-0.3, -0.25) is 9.97 Å². The van der Waals surface area contributed by atoms with E-state index in [1.54, 1.807) is 0 Å². The summed E-state index contributed by atoms with van der Waals surface area (Å²) in [6, 6.07) is 72.6. The smallest absolute Gasteiger partial charge is 0.139 e. The number of fused-ring (bicyclic) bond motifs is 7. The summed E-state index contributed by atoms with van der Waals surface area (Å²) in [6.45, 7) is 0. The molecule has 5 nitrogen and oxygen atoms in total. The van der Waals surface area contributed by atoms with Crippen LogP contribution >= 0.6 is 0 Å². The maximum atomic E-state index is 6.21. The Balaban J connectivity index is 0.930. The van der Waals surface area contributed by atoms with Gasteiger partial charge in [-0.1, -0.05) is 133 Å². The third kappa shape index (κ3) is 6.23. The average Bonchev–Trinajstić information content (AvgIpc) is 3.72. The Bertz CT molecular complexity index is 3620. The van der Waals surface area contributed by atoms with E-state index in [-0.39, 0.29) is 0 Å². The first kappa shape index (κ1) is 35.5. The Hall–Kier alpha value is -8.41. The van der Waals surface area contributed by atoms with Crippen LogP contribution in [-0.4, -0.2) is 15.0 Å². The first-order valence-electron chi connectivity index (χ1n) is 20.8. The number of aromatic nitrogens is 3. The molecule has 0 amide bonds. The van der Waals surface area contributed by atoms with E-state index < -0.39 is 0 Å². The number of rotatable bonds is 7. The van der Waals surface area contributed by atoms with Crippen molar-refractivity contribution in [2.45, 2.75) is 0 Å². The van der Waals surface area contributed by atoms with Gasteiger partial charge >= 0.3 is 0 Å². The standard InChI is InChI=1S/C57H36N4O/c1-2-9-38(10-3-1)50-34-54(60-52-14-8-32-58-57(50)52)42-24-30-46(31-25-42)61(45-28-22-41(23-29-45)53-35-56-51(36-59-53)48-13-6-7-15-55(48)62-56)44-26-20-37(21-27-44)43-19-18-40-17-16-39-11-4-5-12-47(39)49(40)33-43/h1-36H. The summed E-state index contributed by atoms with van der Waals surface area (Å²) in [4.78, 5) is 17.0. The number of para-hydroxylation sites is 1. The quantitative estimate of drug-likeness (QED) is 0.150. The molecule has 0 bridgehead atoms. The Labute approximate surface area is 357 Å². The van der Waals surface area contributed by atoms with Crippen LogP contribution in [0, 0.1) is 0 Å². The molecule has 12 aromatic rings. The number of nitrogens with zero attached hydrogens (tertiary/aromatic N) is 4. The number of hydrogen-bond donors (Lipinski definition) is 0. The highest BCUT2D eigenvalue weighted by Crippen LogP contribution is 2.40. The fourth-order valence-corrected chi connectivity index (χ4v) is 8.82. The Morgan fingerprint density at radius 1 is 0.371 bits per heavy atom. The van der Waals surface area contributed by atoms with Gasteiger partial charge in [0.25, 0.3) is 0 Å². The molecule has 290 valence electrons. The first-order chi connectivity index (χ1) is 30.7. The minimum absolute atomic E-state index is 0.828. The van der Waals surface area contributed by atoms with Gasteiger partial charge in [0.1, 0.15) is 11.2 Å². The summed E-state index contributed by atoms with van der Waals surface area (Å²) in [7, 11) is 0. The van der Waals surface area contributed by atoms with Crippen molar-refractivity contribution in [3.05, 3.63) is 219 Å². The predicted octanol–water partition coefficient (Wildman–Crippen LogP) is 15.4. The third-order valence-corrected chi connectivity index (χ3v) is 12.0. The van der Waals surface area contributed by atoms with E-state index in [0.717, 1.165) is 89.2 Å². The second-order valence-electron chi connectivity index (χ2n) is 15.7. The van der Waals surface area contributed by atoms with Crippen LogP contribution in [0.5, 0.6) is 0 Å². The summed E-state index contributed by atoms with van der Waals surface area (Å²) in [6.07, 6.45) is 3.75. The van der Waals surface area contributed by atoms with E-state index in [1.807, 2.05) is 54.9 Å². The number of anilines is 3. The van der Waals surface area contributed by atoms with Crippen LogP contribution in [-0.2, 0) is 0 Å². The van der Waals surface area contributed by atoms with Crippen LogP contribution in [0.3, 0.4) is 0 Å². The summed E-state index contributed by atoms with van der Waals surface area (Å²) in [5, 5.41) is 7.10. The zero-order valence-electron chi connectivity index (χ0n) is 33.5. The molecule has 0 N–H and O–H groups in total. The topological polar surface area (TPSA) is 55.1 Å². The fraction of sp³-hybridized carbons (Fsp3) is 0. The van der Waals surface area contributed by atoms with Crippen molar-refractivity contribution in [3.63, 3.8) is 0 Å². The summed E-state index contributed by atoms with van der Waals surface area (Å²) in [5.74, 6) is 0. The van der Waals surface area contributed by atoms with E-state index in [4.69, 9.17) is 19.4 Å². The molecule has 0 unspecified atom stereocenters. The largest absolute Gasteiger partial charge is 0.456 e. The summed E-state index contributed by atoms with van der Waals surface area (Å²) in [5.41, 5.74) is 14.9. The van der Waals surface area contributed by atoms with E-state index in [0.29, 0.717) is 0 Å². The van der Waals surface area contributed by atoms with Crippen molar-refractivity contribution in [2.75, 3.05) is 4.90 Å². The molecule has 0 radical (unpaired) electrons. The highest BCUT2D eigenvalue weighted by atomic mass is 16.3. The van der Waals surface area contributed by atoms with Crippen LogP contribution in [0.2, 0.25) is 0 Å². The predicted molar refractivity (Wildman–Crippen MR) is 256 cm³/mol. The lowest BCUT2D eigenvalue weighted by molar-refractivity contribution is 0.668. The van der Waals surface area contributed by atoms with Crippen molar-refractivity contribution in [2.24, 2.45) is 0 Å². The molecule has 62 heavy (non-hydrogen) atoms. The van der Waals surface area contributed by atoms with Gasteiger partial charge < -0.3 is 9.32 Å². The second kappa shape index (κ2) is 14.7. The van der Waals surface area contributed by atoms with Crippen LogP contribution in [0.4, 0.5) is 17.1 Å². The molecule has 12 rings (SSSR count). The van der Waals surface area contributed by atoms with Gasteiger partial charge in [-0.2, -0.15) is 0 Å². The second-order valence-corrected chi connectivity index (χ2v) is 15.7. The Kier molecular flexibility index (Phi) is 8.42. The molecular weight excluding hydrogens is 757 g/mol. The van der Waals surface area contributed by atoms with Crippen molar-refractivity contribution in [3.8, 4) is 44.8 Å². The van der Waals surface area contributed by atoms with Crippen LogP contribution in [0.25, 0.3) is 99.3 Å². The molecule has 0 aliphatic heterocycles. The van der Waals surface area contributed by atoms with Crippen LogP contribution in [0.1, 0.15) is 0 Å². The fourth-order valence-electron chi connectivity index (χ4n) is 8.82. The SMILES string of the molecule is c1ccc(-c2cc(-c3ccc(N(c4ccc(-c5ccc6ccc7ccccc7c6c5)cc4)c4ccc(-c5cc6oc7ccccc7c6cn5)cc4)cc3)nc3cccnc23)cc1. The molecule has 0 spiro atoms. The van der Waals surface area contributed by atoms with Crippen molar-refractivity contribution in [1.82, 2.24) is 15.0 Å². The molecule has 4 heterocycles. The minimum atomic E-state index is 0.828. The molecule has 0 aliphatic rings. The van der Waals surface area contributed by atoms with Crippen molar-refractivity contribution in [1.29, 1.82) is 0 Å². The molecular formula is C57H36N4O. The maximum absolute atomic E-state index is 6.21. The molecule has 0 saturated carbocycles. The number of hydrogen-bond acceptors (Lipinski definition) is 5. The molecule has 0 fully saturated rings. The van der Waals surface area contributed by atoms with Gasteiger partial charge in [0.15, 0.2) is 0 Å². The average molecular weight is 793 g/mol. The van der Waals surface area contributed by atoms with Gasteiger partial charge in [0.05, 0.1) is 22.4 Å². The Morgan fingerprint density at radius 2 is 0.984 bits per heavy atom.